The van der Waals surface area contributed by atoms with E-state index in [9.17, 15) is 26.4 Å². The highest BCUT2D eigenvalue weighted by molar-refractivity contribution is 7.90. The number of fused-ring (bicyclic) bond motifs is 1. The number of benzene rings is 1. The van der Waals surface area contributed by atoms with E-state index >= 15 is 0 Å². The highest BCUT2D eigenvalue weighted by Crippen LogP contribution is 2.29. The number of hydrogen-bond acceptors (Lipinski definition) is 6. The molecule has 1 atom stereocenters. The first-order chi connectivity index (χ1) is 15.1. The predicted molar refractivity (Wildman–Crippen MR) is 110 cm³/mol. The van der Waals surface area contributed by atoms with Crippen molar-refractivity contribution in [1.29, 1.82) is 0 Å². The van der Waals surface area contributed by atoms with E-state index in [-0.39, 0.29) is 42.1 Å². The van der Waals surface area contributed by atoms with Gasteiger partial charge in [0.15, 0.2) is 0 Å². The average Bonchev–Trinajstić information content (AvgIpc) is 3.18. The van der Waals surface area contributed by atoms with Crippen molar-refractivity contribution in [3.05, 3.63) is 52.6 Å². The van der Waals surface area contributed by atoms with Crippen LogP contribution in [0.3, 0.4) is 0 Å². The van der Waals surface area contributed by atoms with Crippen molar-refractivity contribution in [2.45, 2.75) is 19.0 Å². The third-order valence-electron chi connectivity index (χ3n) is 4.85. The summed E-state index contributed by atoms with van der Waals surface area (Å²) in [4.78, 5) is 20.3. The standard InChI is InChI=1S/C19H18F3N5O4S/c1-26-10-23-15-3-2-13(8-14(15)19(26)28)31-17-7-11(18(21)22)6-16(24-17)25-32(29,30)27-5-4-12(20)9-27/h2-3,6-8,10,12,18H,4-5,9H2,1H3,(H,24,25)/t12-/m0/s1. The normalized spacial score (nSPS) is 17.2. The molecule has 32 heavy (non-hydrogen) atoms. The lowest BCUT2D eigenvalue weighted by molar-refractivity contribution is 0.151. The van der Waals surface area contributed by atoms with Crippen LogP contribution in [0.5, 0.6) is 11.6 Å². The minimum Gasteiger partial charge on any atom is -0.439 e. The first-order valence-electron chi connectivity index (χ1n) is 9.48. The molecule has 0 unspecified atom stereocenters. The van der Waals surface area contributed by atoms with E-state index in [4.69, 9.17) is 4.74 Å². The molecule has 1 aromatic carbocycles. The molecule has 13 heteroatoms. The molecule has 0 amide bonds. The van der Waals surface area contributed by atoms with Crippen LogP contribution in [0.2, 0.25) is 0 Å². The molecule has 1 aliphatic heterocycles. The summed E-state index contributed by atoms with van der Waals surface area (Å²) >= 11 is 0. The van der Waals surface area contributed by atoms with Crippen molar-refractivity contribution in [3.8, 4) is 11.6 Å². The fraction of sp³-hybridized carbons (Fsp3) is 0.316. The number of ether oxygens (including phenoxy) is 1. The van der Waals surface area contributed by atoms with Gasteiger partial charge < -0.3 is 9.30 Å². The maximum atomic E-state index is 13.4. The molecule has 0 spiro atoms. The van der Waals surface area contributed by atoms with Crippen molar-refractivity contribution in [1.82, 2.24) is 18.8 Å². The summed E-state index contributed by atoms with van der Waals surface area (Å²) in [5, 5.41) is 0.244. The van der Waals surface area contributed by atoms with Crippen LogP contribution in [-0.2, 0) is 17.3 Å². The van der Waals surface area contributed by atoms with Gasteiger partial charge in [0.05, 0.1) is 17.2 Å². The molecule has 1 saturated heterocycles. The summed E-state index contributed by atoms with van der Waals surface area (Å²) in [6.45, 7) is -0.359. The molecule has 0 saturated carbocycles. The molecule has 0 radical (unpaired) electrons. The highest BCUT2D eigenvalue weighted by atomic mass is 32.2. The quantitative estimate of drug-likeness (QED) is 0.595. The lowest BCUT2D eigenvalue weighted by Crippen LogP contribution is -2.34. The minimum atomic E-state index is -4.19. The number of alkyl halides is 3. The number of hydrogen-bond donors (Lipinski definition) is 1. The summed E-state index contributed by atoms with van der Waals surface area (Å²) in [6, 6.07) is 6.21. The molecule has 4 rings (SSSR count). The molecular formula is C19H18F3N5O4S. The molecule has 1 aliphatic rings. The van der Waals surface area contributed by atoms with E-state index in [2.05, 4.69) is 14.7 Å². The Morgan fingerprint density at radius 3 is 2.72 bits per heavy atom. The summed E-state index contributed by atoms with van der Waals surface area (Å²) < 4.78 is 74.8. The number of halogens is 3. The maximum absolute atomic E-state index is 13.4. The summed E-state index contributed by atoms with van der Waals surface area (Å²) in [7, 11) is -2.66. The van der Waals surface area contributed by atoms with Gasteiger partial charge in [-0.25, -0.2) is 18.2 Å². The molecule has 9 nitrogen and oxygen atoms in total. The number of rotatable bonds is 6. The van der Waals surface area contributed by atoms with Crippen LogP contribution in [0.1, 0.15) is 18.4 Å². The SMILES string of the molecule is Cn1cnc2ccc(Oc3cc(C(F)F)cc(NS(=O)(=O)N4CC[C@H](F)C4)n3)cc2c1=O. The van der Waals surface area contributed by atoms with Crippen LogP contribution >= 0.6 is 0 Å². The van der Waals surface area contributed by atoms with Crippen LogP contribution in [0, 0.1) is 0 Å². The van der Waals surface area contributed by atoms with E-state index in [1.807, 2.05) is 0 Å². The Kier molecular flexibility index (Phi) is 5.77. The van der Waals surface area contributed by atoms with E-state index in [1.54, 1.807) is 0 Å². The van der Waals surface area contributed by atoms with Crippen molar-refractivity contribution >= 4 is 26.9 Å². The molecule has 2 aromatic heterocycles. The monoisotopic (exact) mass is 469 g/mol. The van der Waals surface area contributed by atoms with Gasteiger partial charge in [-0.05, 0) is 30.7 Å². The second-order valence-electron chi connectivity index (χ2n) is 7.22. The van der Waals surface area contributed by atoms with E-state index in [0.29, 0.717) is 5.52 Å². The fourth-order valence-electron chi connectivity index (χ4n) is 3.23. The smallest absolute Gasteiger partial charge is 0.302 e. The number of nitrogens with one attached hydrogen (secondary N) is 1. The Balaban J connectivity index is 1.66. The summed E-state index contributed by atoms with van der Waals surface area (Å²) in [5.74, 6) is -0.598. The van der Waals surface area contributed by atoms with Crippen molar-refractivity contribution < 1.29 is 26.3 Å². The Morgan fingerprint density at radius 1 is 1.25 bits per heavy atom. The van der Waals surface area contributed by atoms with E-state index in [1.165, 1.54) is 36.1 Å². The number of nitrogens with zero attached hydrogens (tertiary/aromatic N) is 4. The van der Waals surface area contributed by atoms with E-state index in [0.717, 1.165) is 16.4 Å². The van der Waals surface area contributed by atoms with Crippen molar-refractivity contribution in [3.63, 3.8) is 0 Å². The number of anilines is 1. The maximum Gasteiger partial charge on any atom is 0.302 e. The largest absolute Gasteiger partial charge is 0.439 e. The van der Waals surface area contributed by atoms with Gasteiger partial charge in [0.1, 0.15) is 17.7 Å². The van der Waals surface area contributed by atoms with Gasteiger partial charge in [0, 0.05) is 31.8 Å². The molecule has 3 aromatic rings. The molecule has 0 aliphatic carbocycles. The summed E-state index contributed by atoms with van der Waals surface area (Å²) in [5.41, 5.74) is -0.448. The van der Waals surface area contributed by atoms with Gasteiger partial charge in [-0.15, -0.1) is 0 Å². The Morgan fingerprint density at radius 2 is 2.03 bits per heavy atom. The van der Waals surface area contributed by atoms with Crippen LogP contribution in [0.15, 0.2) is 41.5 Å². The average molecular weight is 469 g/mol. The third-order valence-corrected chi connectivity index (χ3v) is 6.33. The van der Waals surface area contributed by atoms with Crippen LogP contribution < -0.4 is 15.0 Å². The second-order valence-corrected chi connectivity index (χ2v) is 8.89. The van der Waals surface area contributed by atoms with Crippen LogP contribution in [0.25, 0.3) is 10.9 Å². The zero-order valence-corrected chi connectivity index (χ0v) is 17.5. The Bertz CT molecular complexity index is 1330. The Hall–Kier alpha value is -3.19. The number of pyridine rings is 1. The van der Waals surface area contributed by atoms with Crippen LogP contribution in [0.4, 0.5) is 19.0 Å². The van der Waals surface area contributed by atoms with Crippen molar-refractivity contribution in [2.75, 3.05) is 17.8 Å². The zero-order valence-electron chi connectivity index (χ0n) is 16.7. The Labute approximate surface area is 180 Å². The number of aromatic nitrogens is 3. The van der Waals surface area contributed by atoms with Crippen molar-refractivity contribution in [2.24, 2.45) is 7.05 Å². The zero-order chi connectivity index (χ0) is 23.0. The van der Waals surface area contributed by atoms with Gasteiger partial charge in [-0.1, -0.05) is 0 Å². The van der Waals surface area contributed by atoms with Gasteiger partial charge in [-0.3, -0.25) is 9.52 Å². The lowest BCUT2D eigenvalue weighted by atomic mass is 10.2. The summed E-state index contributed by atoms with van der Waals surface area (Å²) in [6.07, 6.45) is -2.81. The third kappa shape index (κ3) is 4.53. The lowest BCUT2D eigenvalue weighted by Gasteiger charge is -2.17. The fourth-order valence-corrected chi connectivity index (χ4v) is 4.43. The molecular weight excluding hydrogens is 451 g/mol. The van der Waals surface area contributed by atoms with Crippen LogP contribution in [-0.4, -0.2) is 46.5 Å². The van der Waals surface area contributed by atoms with E-state index < -0.39 is 34.2 Å². The van der Waals surface area contributed by atoms with Gasteiger partial charge in [0.25, 0.3) is 12.0 Å². The predicted octanol–water partition coefficient (Wildman–Crippen LogP) is 2.76. The first kappa shape index (κ1) is 22.0. The molecule has 1 N–H and O–H groups in total. The highest BCUT2D eigenvalue weighted by Gasteiger charge is 2.32. The topological polar surface area (TPSA) is 106 Å². The minimum absolute atomic E-state index is 0.0333. The van der Waals surface area contributed by atoms with Gasteiger partial charge in [0.2, 0.25) is 5.88 Å². The molecule has 3 heterocycles. The molecule has 1 fully saturated rings. The van der Waals surface area contributed by atoms with Gasteiger partial charge >= 0.3 is 10.2 Å². The second kappa shape index (κ2) is 8.39. The molecule has 170 valence electrons. The first-order valence-corrected chi connectivity index (χ1v) is 10.9. The van der Waals surface area contributed by atoms with Gasteiger partial charge in [-0.2, -0.15) is 17.7 Å². The number of aryl methyl sites for hydroxylation is 1. The molecule has 0 bridgehead atoms.